The maximum absolute atomic E-state index is 12.9. The van der Waals surface area contributed by atoms with Crippen LogP contribution in [-0.2, 0) is 9.53 Å². The lowest BCUT2D eigenvalue weighted by molar-refractivity contribution is -0.122. The molecule has 2 heterocycles. The highest BCUT2D eigenvalue weighted by molar-refractivity contribution is 5.99. The molecule has 7 heteroatoms. The summed E-state index contributed by atoms with van der Waals surface area (Å²) >= 11 is 0. The van der Waals surface area contributed by atoms with E-state index >= 15 is 0 Å². The minimum absolute atomic E-state index is 0.0403. The molecule has 0 radical (unpaired) electrons. The number of nitrogens with zero attached hydrogens (tertiary/aromatic N) is 2. The van der Waals surface area contributed by atoms with Crippen molar-refractivity contribution in [3.8, 4) is 0 Å². The third-order valence-corrected chi connectivity index (χ3v) is 5.85. The molecule has 2 fully saturated rings. The van der Waals surface area contributed by atoms with E-state index < -0.39 is 0 Å². The first-order valence-corrected chi connectivity index (χ1v) is 10.7. The van der Waals surface area contributed by atoms with Crippen LogP contribution in [0.15, 0.2) is 24.3 Å². The molecule has 2 N–H and O–H groups in total. The quantitative estimate of drug-likeness (QED) is 0.725. The largest absolute Gasteiger partial charge is 0.378 e. The van der Waals surface area contributed by atoms with Gasteiger partial charge in [-0.2, -0.15) is 0 Å². The maximum Gasteiger partial charge on any atom is 0.253 e. The molecule has 0 unspecified atom stereocenters. The number of likely N-dealkylation sites (N-methyl/N-ethyl adjacent to an activating group) is 1. The van der Waals surface area contributed by atoms with Crippen LogP contribution in [0.2, 0.25) is 0 Å². The van der Waals surface area contributed by atoms with Crippen molar-refractivity contribution in [3.63, 3.8) is 0 Å². The Morgan fingerprint density at radius 1 is 1.14 bits per heavy atom. The predicted octanol–water partition coefficient (Wildman–Crippen LogP) is 1.63. The Morgan fingerprint density at radius 2 is 1.83 bits per heavy atom. The Kier molecular flexibility index (Phi) is 7.50. The van der Waals surface area contributed by atoms with Crippen LogP contribution in [-0.4, -0.2) is 74.7 Å². The number of para-hydroxylation sites is 1. The summed E-state index contributed by atoms with van der Waals surface area (Å²) < 4.78 is 5.43. The molecule has 0 aromatic heterocycles. The second kappa shape index (κ2) is 10.1. The Labute approximate surface area is 173 Å². The number of nitrogens with one attached hydrogen (secondary N) is 2. The van der Waals surface area contributed by atoms with Gasteiger partial charge in [-0.05, 0) is 45.9 Å². The lowest BCUT2D eigenvalue weighted by Crippen LogP contribution is -2.43. The van der Waals surface area contributed by atoms with Gasteiger partial charge >= 0.3 is 0 Å². The van der Waals surface area contributed by atoms with Crippen LogP contribution in [0.4, 0.5) is 5.69 Å². The van der Waals surface area contributed by atoms with Crippen LogP contribution < -0.4 is 15.5 Å². The number of rotatable bonds is 7. The lowest BCUT2D eigenvalue weighted by atomic mass is 10.1. The molecule has 1 aromatic rings. The Hall–Kier alpha value is -2.12. The number of anilines is 1. The molecule has 0 aliphatic carbocycles. The topological polar surface area (TPSA) is 73.9 Å². The molecule has 29 heavy (non-hydrogen) atoms. The summed E-state index contributed by atoms with van der Waals surface area (Å²) in [7, 11) is 2.05. The molecule has 3 rings (SSSR count). The van der Waals surface area contributed by atoms with Crippen molar-refractivity contribution >= 4 is 17.5 Å². The Balaban J connectivity index is 1.54. The first-order chi connectivity index (χ1) is 14.0. The van der Waals surface area contributed by atoms with Crippen molar-refractivity contribution in [2.24, 2.45) is 0 Å². The van der Waals surface area contributed by atoms with Crippen LogP contribution >= 0.6 is 0 Å². The second-order valence-corrected chi connectivity index (χ2v) is 8.30. The fourth-order valence-electron chi connectivity index (χ4n) is 4.23. The fraction of sp³-hybridized carbons (Fsp3) is 0.636. The summed E-state index contributed by atoms with van der Waals surface area (Å²) in [6.45, 7) is 7.52. The van der Waals surface area contributed by atoms with Crippen LogP contribution in [0.5, 0.6) is 0 Å². The zero-order chi connectivity index (χ0) is 20.8. The smallest absolute Gasteiger partial charge is 0.253 e. The van der Waals surface area contributed by atoms with Crippen molar-refractivity contribution < 1.29 is 14.3 Å². The number of likely N-dealkylation sites (tertiary alicyclic amines) is 1. The number of amides is 2. The number of ether oxygens (including phenoxy) is 1. The maximum atomic E-state index is 12.9. The standard InChI is InChI=1S/C22H34N4O3/c1-16(2)24-21(27)14-17-8-9-18(25(17)3)15-23-22(28)19-6-4-5-7-20(19)26-10-12-29-13-11-26/h4-7,16-18H,8-15H2,1-3H3,(H,23,28)(H,24,27)/t17-,18+/m1/s1. The van der Waals surface area contributed by atoms with E-state index in [2.05, 4.69) is 27.5 Å². The highest BCUT2D eigenvalue weighted by Gasteiger charge is 2.32. The molecule has 160 valence electrons. The number of hydrogen-bond donors (Lipinski definition) is 2. The van der Waals surface area contributed by atoms with Gasteiger partial charge in [-0.25, -0.2) is 0 Å². The summed E-state index contributed by atoms with van der Waals surface area (Å²) in [5.74, 6) is 0.0578. The third-order valence-electron chi connectivity index (χ3n) is 5.85. The van der Waals surface area contributed by atoms with Crippen molar-refractivity contribution in [1.82, 2.24) is 15.5 Å². The van der Waals surface area contributed by atoms with E-state index in [4.69, 9.17) is 4.74 Å². The van der Waals surface area contributed by atoms with Gasteiger partial charge in [0.05, 0.1) is 18.8 Å². The van der Waals surface area contributed by atoms with E-state index in [0.29, 0.717) is 31.7 Å². The molecule has 2 atom stereocenters. The Morgan fingerprint density at radius 3 is 2.55 bits per heavy atom. The average molecular weight is 403 g/mol. The monoisotopic (exact) mass is 402 g/mol. The van der Waals surface area contributed by atoms with Gasteiger partial charge in [-0.3, -0.25) is 14.5 Å². The molecule has 2 aliphatic heterocycles. The molecule has 0 bridgehead atoms. The van der Waals surface area contributed by atoms with Gasteiger partial charge in [0, 0.05) is 49.9 Å². The van der Waals surface area contributed by atoms with Crippen LogP contribution in [0.3, 0.4) is 0 Å². The summed E-state index contributed by atoms with van der Waals surface area (Å²) in [5, 5.41) is 6.08. The van der Waals surface area contributed by atoms with E-state index in [9.17, 15) is 9.59 Å². The van der Waals surface area contributed by atoms with Crippen LogP contribution in [0, 0.1) is 0 Å². The molecule has 2 amide bonds. The molecular formula is C22H34N4O3. The van der Waals surface area contributed by atoms with E-state index in [1.54, 1.807) is 0 Å². The normalized spacial score (nSPS) is 22.7. The van der Waals surface area contributed by atoms with Gasteiger partial charge in [0.1, 0.15) is 0 Å². The Bertz CT molecular complexity index is 703. The average Bonchev–Trinajstić information content (AvgIpc) is 3.05. The predicted molar refractivity (Wildman–Crippen MR) is 114 cm³/mol. The van der Waals surface area contributed by atoms with E-state index in [1.807, 2.05) is 38.1 Å². The van der Waals surface area contributed by atoms with E-state index in [-0.39, 0.29) is 29.9 Å². The molecule has 2 aliphatic rings. The van der Waals surface area contributed by atoms with Crippen molar-refractivity contribution in [2.45, 2.75) is 51.2 Å². The summed E-state index contributed by atoms with van der Waals surface area (Å²) in [5.41, 5.74) is 1.68. The van der Waals surface area contributed by atoms with Crippen LogP contribution in [0.1, 0.15) is 43.5 Å². The molecule has 1 aromatic carbocycles. The van der Waals surface area contributed by atoms with E-state index in [0.717, 1.165) is 31.6 Å². The first kappa shape index (κ1) is 21.6. The van der Waals surface area contributed by atoms with Gasteiger partial charge < -0.3 is 20.3 Å². The zero-order valence-electron chi connectivity index (χ0n) is 17.8. The molecule has 2 saturated heterocycles. The highest BCUT2D eigenvalue weighted by atomic mass is 16.5. The second-order valence-electron chi connectivity index (χ2n) is 8.30. The van der Waals surface area contributed by atoms with Gasteiger partial charge in [-0.15, -0.1) is 0 Å². The third kappa shape index (κ3) is 5.70. The van der Waals surface area contributed by atoms with Crippen molar-refractivity contribution in [1.29, 1.82) is 0 Å². The molecule has 0 saturated carbocycles. The summed E-state index contributed by atoms with van der Waals surface area (Å²) in [6.07, 6.45) is 2.48. The number of carbonyl (C=O) groups excluding carboxylic acids is 2. The number of carbonyl (C=O) groups is 2. The molecule has 0 spiro atoms. The number of morpholine rings is 1. The number of benzene rings is 1. The van der Waals surface area contributed by atoms with Gasteiger partial charge in [0.15, 0.2) is 0 Å². The number of hydrogen-bond acceptors (Lipinski definition) is 5. The fourth-order valence-corrected chi connectivity index (χ4v) is 4.23. The first-order valence-electron chi connectivity index (χ1n) is 10.7. The highest BCUT2D eigenvalue weighted by Crippen LogP contribution is 2.25. The van der Waals surface area contributed by atoms with Crippen LogP contribution in [0.25, 0.3) is 0 Å². The van der Waals surface area contributed by atoms with Gasteiger partial charge in [0.25, 0.3) is 5.91 Å². The van der Waals surface area contributed by atoms with Gasteiger partial charge in [0.2, 0.25) is 5.91 Å². The zero-order valence-corrected chi connectivity index (χ0v) is 17.8. The molecule has 7 nitrogen and oxygen atoms in total. The lowest BCUT2D eigenvalue weighted by Gasteiger charge is -2.30. The van der Waals surface area contributed by atoms with Crippen molar-refractivity contribution in [3.05, 3.63) is 29.8 Å². The minimum Gasteiger partial charge on any atom is -0.378 e. The van der Waals surface area contributed by atoms with Crippen molar-refractivity contribution in [2.75, 3.05) is 44.8 Å². The SMILES string of the molecule is CC(C)NC(=O)C[C@H]1CC[C@@H](CNC(=O)c2ccccc2N2CCOCC2)N1C. The summed E-state index contributed by atoms with van der Waals surface area (Å²) in [4.78, 5) is 29.4. The van der Waals surface area contributed by atoms with Gasteiger partial charge in [-0.1, -0.05) is 12.1 Å². The summed E-state index contributed by atoms with van der Waals surface area (Å²) in [6, 6.07) is 8.42. The van der Waals surface area contributed by atoms with E-state index in [1.165, 1.54) is 0 Å². The molecular weight excluding hydrogens is 368 g/mol. The minimum atomic E-state index is -0.0403.